The quantitative estimate of drug-likeness (QED) is 0.845. The molecule has 1 aliphatic rings. The zero-order valence-corrected chi connectivity index (χ0v) is 12.5. The van der Waals surface area contributed by atoms with Gasteiger partial charge in [-0.3, -0.25) is 4.79 Å². The SMILES string of the molecule is CC[C@H](NC(=O)C1CC=CC1)c1nc2ccc(C)cc2[nH]1. The van der Waals surface area contributed by atoms with Gasteiger partial charge in [0.05, 0.1) is 17.1 Å². The molecule has 1 atom stereocenters. The Morgan fingerprint density at radius 2 is 2.19 bits per heavy atom. The van der Waals surface area contributed by atoms with E-state index in [1.807, 2.05) is 6.07 Å². The summed E-state index contributed by atoms with van der Waals surface area (Å²) in [5.74, 6) is 1.06. The van der Waals surface area contributed by atoms with Gasteiger partial charge >= 0.3 is 0 Å². The van der Waals surface area contributed by atoms with Crippen molar-refractivity contribution in [1.29, 1.82) is 0 Å². The molecule has 2 aromatic rings. The van der Waals surface area contributed by atoms with E-state index in [2.05, 4.69) is 53.4 Å². The average Bonchev–Trinajstić information content (AvgIpc) is 3.12. The summed E-state index contributed by atoms with van der Waals surface area (Å²) in [7, 11) is 0. The van der Waals surface area contributed by atoms with Gasteiger partial charge in [0.15, 0.2) is 0 Å². The number of aryl methyl sites for hydroxylation is 1. The van der Waals surface area contributed by atoms with Gasteiger partial charge in [-0.05, 0) is 43.9 Å². The van der Waals surface area contributed by atoms with Crippen molar-refractivity contribution >= 4 is 16.9 Å². The molecular weight excluding hydrogens is 262 g/mol. The Morgan fingerprint density at radius 1 is 1.43 bits per heavy atom. The van der Waals surface area contributed by atoms with Gasteiger partial charge in [0.25, 0.3) is 0 Å². The molecule has 21 heavy (non-hydrogen) atoms. The number of hydrogen-bond donors (Lipinski definition) is 2. The number of H-pyrrole nitrogens is 1. The van der Waals surface area contributed by atoms with Gasteiger partial charge in [0, 0.05) is 5.92 Å². The first kappa shape index (κ1) is 13.9. The number of carbonyl (C=O) groups excluding carboxylic acids is 1. The Morgan fingerprint density at radius 3 is 2.90 bits per heavy atom. The summed E-state index contributed by atoms with van der Waals surface area (Å²) in [4.78, 5) is 20.2. The second-order valence-electron chi connectivity index (χ2n) is 5.75. The molecule has 1 aliphatic carbocycles. The molecule has 0 bridgehead atoms. The molecule has 3 rings (SSSR count). The molecule has 1 amide bonds. The first-order valence-corrected chi connectivity index (χ1v) is 7.59. The Kier molecular flexibility index (Phi) is 3.78. The highest BCUT2D eigenvalue weighted by atomic mass is 16.1. The van der Waals surface area contributed by atoms with Crippen LogP contribution in [0.15, 0.2) is 30.4 Å². The van der Waals surface area contributed by atoms with Crippen LogP contribution in [0.1, 0.15) is 43.6 Å². The summed E-state index contributed by atoms with van der Waals surface area (Å²) in [5, 5.41) is 3.13. The number of benzene rings is 1. The second kappa shape index (κ2) is 5.72. The smallest absolute Gasteiger partial charge is 0.224 e. The van der Waals surface area contributed by atoms with Crippen LogP contribution in [0.3, 0.4) is 0 Å². The van der Waals surface area contributed by atoms with Crippen LogP contribution in [0.25, 0.3) is 11.0 Å². The fraction of sp³-hybridized carbons (Fsp3) is 0.412. The maximum atomic E-state index is 12.3. The Balaban J connectivity index is 1.79. The van der Waals surface area contributed by atoms with Gasteiger partial charge in [0.1, 0.15) is 5.82 Å². The van der Waals surface area contributed by atoms with E-state index in [1.54, 1.807) is 0 Å². The molecule has 1 heterocycles. The highest BCUT2D eigenvalue weighted by Crippen LogP contribution is 2.22. The van der Waals surface area contributed by atoms with Gasteiger partial charge in [-0.2, -0.15) is 0 Å². The Hall–Kier alpha value is -2.10. The summed E-state index contributed by atoms with van der Waals surface area (Å²) >= 11 is 0. The molecule has 0 saturated heterocycles. The minimum atomic E-state index is -0.0502. The van der Waals surface area contributed by atoms with Gasteiger partial charge in [-0.15, -0.1) is 0 Å². The van der Waals surface area contributed by atoms with E-state index in [0.29, 0.717) is 0 Å². The van der Waals surface area contributed by atoms with E-state index in [-0.39, 0.29) is 17.9 Å². The van der Waals surface area contributed by atoms with Crippen molar-refractivity contribution in [2.75, 3.05) is 0 Å². The molecule has 4 nitrogen and oxygen atoms in total. The fourth-order valence-electron chi connectivity index (χ4n) is 2.79. The van der Waals surface area contributed by atoms with Crippen molar-refractivity contribution in [3.8, 4) is 0 Å². The van der Waals surface area contributed by atoms with Crippen molar-refractivity contribution < 1.29 is 4.79 Å². The van der Waals surface area contributed by atoms with E-state index < -0.39 is 0 Å². The van der Waals surface area contributed by atoms with Gasteiger partial charge < -0.3 is 10.3 Å². The lowest BCUT2D eigenvalue weighted by Crippen LogP contribution is -2.33. The van der Waals surface area contributed by atoms with E-state index >= 15 is 0 Å². The Bertz CT molecular complexity index is 678. The molecule has 0 unspecified atom stereocenters. The fourth-order valence-corrected chi connectivity index (χ4v) is 2.79. The monoisotopic (exact) mass is 283 g/mol. The number of nitrogens with one attached hydrogen (secondary N) is 2. The average molecular weight is 283 g/mol. The van der Waals surface area contributed by atoms with Gasteiger partial charge in [-0.1, -0.05) is 25.1 Å². The van der Waals surface area contributed by atoms with Crippen molar-refractivity contribution in [2.45, 2.75) is 39.2 Å². The molecule has 0 aliphatic heterocycles. The normalized spacial score (nSPS) is 16.5. The number of imidazole rings is 1. The predicted octanol–water partition coefficient (Wildman–Crippen LogP) is 3.40. The third-order valence-corrected chi connectivity index (χ3v) is 4.09. The third kappa shape index (κ3) is 2.84. The van der Waals surface area contributed by atoms with Crippen LogP contribution in [0.5, 0.6) is 0 Å². The van der Waals surface area contributed by atoms with Crippen molar-refractivity contribution in [2.24, 2.45) is 5.92 Å². The molecular formula is C17H21N3O. The third-order valence-electron chi connectivity index (χ3n) is 4.09. The minimum Gasteiger partial charge on any atom is -0.346 e. The zero-order chi connectivity index (χ0) is 14.8. The van der Waals surface area contributed by atoms with E-state index in [4.69, 9.17) is 0 Å². The van der Waals surface area contributed by atoms with Gasteiger partial charge in [-0.25, -0.2) is 4.98 Å². The highest BCUT2D eigenvalue weighted by Gasteiger charge is 2.23. The number of hydrogen-bond acceptors (Lipinski definition) is 2. The van der Waals surface area contributed by atoms with E-state index in [9.17, 15) is 4.79 Å². The number of aromatic nitrogens is 2. The summed E-state index contributed by atoms with van der Waals surface area (Å²) in [5.41, 5.74) is 3.18. The van der Waals surface area contributed by atoms with E-state index in [1.165, 1.54) is 5.56 Å². The van der Waals surface area contributed by atoms with Crippen LogP contribution >= 0.6 is 0 Å². The number of amides is 1. The molecule has 4 heteroatoms. The van der Waals surface area contributed by atoms with Crippen LogP contribution in [0, 0.1) is 12.8 Å². The number of nitrogens with zero attached hydrogens (tertiary/aromatic N) is 1. The minimum absolute atomic E-state index is 0.0502. The molecule has 110 valence electrons. The van der Waals surface area contributed by atoms with Gasteiger partial charge in [0.2, 0.25) is 5.91 Å². The Labute approximate surface area is 124 Å². The summed E-state index contributed by atoms with van der Waals surface area (Å²) < 4.78 is 0. The number of carbonyl (C=O) groups is 1. The van der Waals surface area contributed by atoms with Crippen LogP contribution in [0.4, 0.5) is 0 Å². The van der Waals surface area contributed by atoms with Crippen LogP contribution in [-0.4, -0.2) is 15.9 Å². The first-order chi connectivity index (χ1) is 10.2. The van der Waals surface area contributed by atoms with Crippen molar-refractivity contribution in [1.82, 2.24) is 15.3 Å². The maximum Gasteiger partial charge on any atom is 0.224 e. The standard InChI is InChI=1S/C17H21N3O/c1-3-13(20-17(21)12-6-4-5-7-12)16-18-14-9-8-11(2)10-15(14)19-16/h4-5,8-10,12-13H,3,6-7H2,1-2H3,(H,18,19)(H,20,21)/t13-/m0/s1. The lowest BCUT2D eigenvalue weighted by molar-refractivity contribution is -0.125. The second-order valence-corrected chi connectivity index (χ2v) is 5.75. The highest BCUT2D eigenvalue weighted by molar-refractivity contribution is 5.80. The van der Waals surface area contributed by atoms with Crippen LogP contribution < -0.4 is 5.32 Å². The number of fused-ring (bicyclic) bond motifs is 1. The molecule has 0 spiro atoms. The molecule has 2 N–H and O–H groups in total. The lowest BCUT2D eigenvalue weighted by Gasteiger charge is -2.17. The molecule has 1 aromatic carbocycles. The zero-order valence-electron chi connectivity index (χ0n) is 12.5. The number of aromatic amines is 1. The van der Waals surface area contributed by atoms with Crippen molar-refractivity contribution in [3.05, 3.63) is 41.7 Å². The summed E-state index contributed by atoms with van der Waals surface area (Å²) in [6.07, 6.45) is 6.68. The molecule has 0 fully saturated rings. The summed E-state index contributed by atoms with van der Waals surface area (Å²) in [6, 6.07) is 6.10. The molecule has 0 saturated carbocycles. The molecule has 1 aromatic heterocycles. The number of allylic oxidation sites excluding steroid dienone is 2. The van der Waals surface area contributed by atoms with Crippen LogP contribution in [-0.2, 0) is 4.79 Å². The topological polar surface area (TPSA) is 57.8 Å². The predicted molar refractivity (Wildman–Crippen MR) is 83.9 cm³/mol. The first-order valence-electron chi connectivity index (χ1n) is 7.59. The van der Waals surface area contributed by atoms with Crippen molar-refractivity contribution in [3.63, 3.8) is 0 Å². The largest absolute Gasteiger partial charge is 0.346 e. The maximum absolute atomic E-state index is 12.3. The van der Waals surface area contributed by atoms with E-state index in [0.717, 1.165) is 36.1 Å². The number of rotatable bonds is 4. The lowest BCUT2D eigenvalue weighted by atomic mass is 10.1. The van der Waals surface area contributed by atoms with Crippen LogP contribution in [0.2, 0.25) is 0 Å². The molecule has 0 radical (unpaired) electrons. The summed E-state index contributed by atoms with van der Waals surface area (Å²) in [6.45, 7) is 4.13.